The van der Waals surface area contributed by atoms with E-state index in [4.69, 9.17) is 21.7 Å². The first kappa shape index (κ1) is 17.7. The first-order valence-corrected chi connectivity index (χ1v) is 8.35. The van der Waals surface area contributed by atoms with Crippen LogP contribution < -0.4 is 9.47 Å². The highest BCUT2D eigenvalue weighted by Crippen LogP contribution is 2.28. The summed E-state index contributed by atoms with van der Waals surface area (Å²) in [7, 11) is 1.60. The van der Waals surface area contributed by atoms with Crippen LogP contribution in [0.5, 0.6) is 17.2 Å². The monoisotopic (exact) mass is 370 g/mol. The number of phenolic OH excluding ortho intramolecular Hbond substituents is 1. The third-order valence-electron chi connectivity index (χ3n) is 3.60. The number of nitrogens with zero attached hydrogens (tertiary/aromatic N) is 3. The van der Waals surface area contributed by atoms with Crippen molar-refractivity contribution in [2.75, 3.05) is 13.7 Å². The molecule has 1 aromatic heterocycles. The van der Waals surface area contributed by atoms with Crippen molar-refractivity contribution in [1.29, 1.82) is 0 Å². The quantitative estimate of drug-likeness (QED) is 0.511. The fraction of sp³-hybridized carbons (Fsp3) is 0.167. The Morgan fingerprint density at radius 3 is 2.85 bits per heavy atom. The standard InChI is InChI=1S/C18H18N4O3S/c1-3-25-16-10-12(8-9-14(16)23)11-19-22-17(20-21-18(22)26)13-6-4-5-7-15(13)24-2/h4-11,23H,3H2,1-2H3,(H,21,26)/b19-11-. The number of H-pyrrole nitrogens is 1. The number of benzene rings is 2. The first-order chi connectivity index (χ1) is 12.6. The third kappa shape index (κ3) is 3.60. The number of ether oxygens (including phenoxy) is 2. The van der Waals surface area contributed by atoms with Crippen LogP contribution in [0.4, 0.5) is 0 Å². The molecule has 0 aliphatic heterocycles. The molecule has 0 radical (unpaired) electrons. The van der Waals surface area contributed by atoms with Gasteiger partial charge in [-0.2, -0.15) is 14.9 Å². The molecule has 0 saturated heterocycles. The van der Waals surface area contributed by atoms with Crippen molar-refractivity contribution in [3.63, 3.8) is 0 Å². The lowest BCUT2D eigenvalue weighted by molar-refractivity contribution is 0.318. The van der Waals surface area contributed by atoms with Gasteiger partial charge in [-0.05, 0) is 55.0 Å². The summed E-state index contributed by atoms with van der Waals surface area (Å²) in [5.74, 6) is 1.68. The van der Waals surface area contributed by atoms with Gasteiger partial charge in [0.2, 0.25) is 4.77 Å². The maximum Gasteiger partial charge on any atom is 0.216 e. The summed E-state index contributed by atoms with van der Waals surface area (Å²) in [4.78, 5) is 0. The predicted molar refractivity (Wildman–Crippen MR) is 102 cm³/mol. The van der Waals surface area contributed by atoms with Crippen molar-refractivity contribution in [2.45, 2.75) is 6.92 Å². The number of hydrogen-bond donors (Lipinski definition) is 2. The number of hydrogen-bond acceptors (Lipinski definition) is 6. The van der Waals surface area contributed by atoms with E-state index in [2.05, 4.69) is 15.3 Å². The zero-order chi connectivity index (χ0) is 18.5. The van der Waals surface area contributed by atoms with Crippen LogP contribution in [0.3, 0.4) is 0 Å². The van der Waals surface area contributed by atoms with Crippen molar-refractivity contribution in [1.82, 2.24) is 14.9 Å². The Balaban J connectivity index is 1.99. The molecular weight excluding hydrogens is 352 g/mol. The molecule has 0 amide bonds. The van der Waals surface area contributed by atoms with E-state index in [0.29, 0.717) is 28.7 Å². The van der Waals surface area contributed by atoms with Crippen LogP contribution in [0, 0.1) is 4.77 Å². The Kier molecular flexibility index (Phi) is 5.33. The largest absolute Gasteiger partial charge is 0.504 e. The van der Waals surface area contributed by atoms with Crippen molar-refractivity contribution >= 4 is 18.4 Å². The van der Waals surface area contributed by atoms with Gasteiger partial charge in [-0.25, -0.2) is 5.10 Å². The molecule has 0 fully saturated rings. The van der Waals surface area contributed by atoms with Gasteiger partial charge in [-0.15, -0.1) is 0 Å². The van der Waals surface area contributed by atoms with E-state index in [9.17, 15) is 5.11 Å². The van der Waals surface area contributed by atoms with Gasteiger partial charge in [0.05, 0.1) is 25.5 Å². The fourth-order valence-corrected chi connectivity index (χ4v) is 2.59. The zero-order valence-electron chi connectivity index (χ0n) is 14.3. The molecule has 3 aromatic rings. The van der Waals surface area contributed by atoms with Crippen molar-refractivity contribution in [2.24, 2.45) is 5.10 Å². The van der Waals surface area contributed by atoms with Crippen LogP contribution in [0.1, 0.15) is 12.5 Å². The lowest BCUT2D eigenvalue weighted by atomic mass is 10.2. The number of phenols is 1. The van der Waals surface area contributed by atoms with E-state index in [1.807, 2.05) is 31.2 Å². The average molecular weight is 370 g/mol. The van der Waals surface area contributed by atoms with Crippen molar-refractivity contribution < 1.29 is 14.6 Å². The van der Waals surface area contributed by atoms with E-state index < -0.39 is 0 Å². The van der Waals surface area contributed by atoms with E-state index in [-0.39, 0.29) is 5.75 Å². The molecule has 8 heteroatoms. The molecule has 0 unspecified atom stereocenters. The van der Waals surface area contributed by atoms with Gasteiger partial charge < -0.3 is 14.6 Å². The molecule has 0 spiro atoms. The first-order valence-electron chi connectivity index (χ1n) is 7.95. The molecule has 2 N–H and O–H groups in total. The Morgan fingerprint density at radius 1 is 1.27 bits per heavy atom. The van der Waals surface area contributed by atoms with E-state index in [1.54, 1.807) is 31.5 Å². The maximum atomic E-state index is 9.79. The lowest BCUT2D eigenvalue weighted by Crippen LogP contribution is -1.97. The average Bonchev–Trinajstić information content (AvgIpc) is 3.03. The van der Waals surface area contributed by atoms with Crippen LogP contribution in [-0.4, -0.2) is 39.9 Å². The molecule has 3 rings (SSSR count). The van der Waals surface area contributed by atoms with Crippen LogP contribution in [0.2, 0.25) is 0 Å². The number of nitrogens with one attached hydrogen (secondary N) is 1. The highest BCUT2D eigenvalue weighted by atomic mass is 32.1. The number of rotatable bonds is 6. The third-order valence-corrected chi connectivity index (χ3v) is 3.87. The summed E-state index contributed by atoms with van der Waals surface area (Å²) in [6.45, 7) is 2.31. The van der Waals surface area contributed by atoms with Crippen LogP contribution >= 0.6 is 12.2 Å². The van der Waals surface area contributed by atoms with Gasteiger partial charge in [0, 0.05) is 0 Å². The minimum Gasteiger partial charge on any atom is -0.504 e. The minimum absolute atomic E-state index is 0.0821. The van der Waals surface area contributed by atoms with E-state index >= 15 is 0 Å². The van der Waals surface area contributed by atoms with Crippen LogP contribution in [0.15, 0.2) is 47.6 Å². The molecule has 0 bridgehead atoms. The number of para-hydroxylation sites is 1. The van der Waals surface area contributed by atoms with E-state index in [0.717, 1.165) is 11.1 Å². The Morgan fingerprint density at radius 2 is 2.08 bits per heavy atom. The fourth-order valence-electron chi connectivity index (χ4n) is 2.41. The van der Waals surface area contributed by atoms with Crippen LogP contribution in [-0.2, 0) is 0 Å². The number of methoxy groups -OCH3 is 1. The summed E-state index contributed by atoms with van der Waals surface area (Å²) in [6.07, 6.45) is 1.62. The van der Waals surface area contributed by atoms with Gasteiger partial charge in [-0.1, -0.05) is 12.1 Å². The van der Waals surface area contributed by atoms with Crippen LogP contribution in [0.25, 0.3) is 11.4 Å². The minimum atomic E-state index is 0.0821. The van der Waals surface area contributed by atoms with Gasteiger partial charge in [-0.3, -0.25) is 0 Å². The lowest BCUT2D eigenvalue weighted by Gasteiger charge is -2.07. The maximum absolute atomic E-state index is 9.79. The van der Waals surface area contributed by atoms with Gasteiger partial charge in [0.1, 0.15) is 5.75 Å². The molecule has 7 nitrogen and oxygen atoms in total. The predicted octanol–water partition coefficient (Wildman–Crippen LogP) is 3.60. The molecule has 0 saturated carbocycles. The molecule has 134 valence electrons. The zero-order valence-corrected chi connectivity index (χ0v) is 15.2. The Hall–Kier alpha value is -3.13. The summed E-state index contributed by atoms with van der Waals surface area (Å²) >= 11 is 5.28. The van der Waals surface area contributed by atoms with E-state index in [1.165, 1.54) is 4.68 Å². The summed E-state index contributed by atoms with van der Waals surface area (Å²) in [5, 5.41) is 21.2. The van der Waals surface area contributed by atoms with Crippen molar-refractivity contribution in [3.05, 3.63) is 52.8 Å². The molecule has 0 aliphatic rings. The molecule has 1 heterocycles. The van der Waals surface area contributed by atoms with Gasteiger partial charge in [0.25, 0.3) is 0 Å². The highest BCUT2D eigenvalue weighted by Gasteiger charge is 2.13. The second kappa shape index (κ2) is 7.83. The Labute approximate surface area is 155 Å². The van der Waals surface area contributed by atoms with Gasteiger partial charge >= 0.3 is 0 Å². The smallest absolute Gasteiger partial charge is 0.216 e. The SMILES string of the molecule is CCOc1cc(/C=N\n2c(-c3ccccc3OC)n[nH]c2=S)ccc1O. The number of aromatic hydroxyl groups is 1. The molecule has 0 atom stereocenters. The summed E-state index contributed by atoms with van der Waals surface area (Å²) in [5.41, 5.74) is 1.51. The normalized spacial score (nSPS) is 11.0. The Bertz CT molecular complexity index is 994. The van der Waals surface area contributed by atoms with Crippen molar-refractivity contribution in [3.8, 4) is 28.6 Å². The second-order valence-corrected chi connectivity index (χ2v) is 5.66. The topological polar surface area (TPSA) is 84.7 Å². The summed E-state index contributed by atoms with van der Waals surface area (Å²) < 4.78 is 12.6. The number of aromatic nitrogens is 3. The molecule has 0 aliphatic carbocycles. The summed E-state index contributed by atoms with van der Waals surface area (Å²) in [6, 6.07) is 12.5. The molecule has 26 heavy (non-hydrogen) atoms. The second-order valence-electron chi connectivity index (χ2n) is 5.27. The highest BCUT2D eigenvalue weighted by molar-refractivity contribution is 7.71. The number of aromatic amines is 1. The molecular formula is C18H18N4O3S. The molecule has 2 aromatic carbocycles. The van der Waals surface area contributed by atoms with Gasteiger partial charge in [0.15, 0.2) is 17.3 Å².